The number of amides is 1. The molecule has 0 aromatic heterocycles. The van der Waals surface area contributed by atoms with Crippen molar-refractivity contribution in [2.45, 2.75) is 373 Å². The number of nitrogens with one attached hydrogen (secondary N) is 1. The molecule has 0 saturated heterocycles. The molecule has 0 spiro atoms. The average Bonchev–Trinajstić information content (AvgIpc) is 3.40. The number of unbranched alkanes of at least 4 members (excludes halogenated alkanes) is 47. The van der Waals surface area contributed by atoms with Crippen molar-refractivity contribution in [2.24, 2.45) is 0 Å². The SMILES string of the molecule is CCCCCCCC/C=C\CCCCCCCCCC(=O)OCCCCCCCCCCCCCC/C=C\CCCCCCCCCCCCCC(=O)NC(CO)C(O)/C=C/CCCCCCCCCCCCC. The summed E-state index contributed by atoms with van der Waals surface area (Å²) < 4.78 is 5.50. The molecule has 0 heterocycles. The van der Waals surface area contributed by atoms with Gasteiger partial charge in [-0.3, -0.25) is 9.59 Å². The quantitative estimate of drug-likeness (QED) is 0.0320. The maximum absolute atomic E-state index is 12.5. The lowest BCUT2D eigenvalue weighted by atomic mass is 10.0. The van der Waals surface area contributed by atoms with Gasteiger partial charge in [-0.1, -0.05) is 301 Å². The van der Waals surface area contributed by atoms with Crippen LogP contribution >= 0.6 is 0 Å². The van der Waals surface area contributed by atoms with Gasteiger partial charge in [0.15, 0.2) is 0 Å². The molecule has 0 bridgehead atoms. The maximum atomic E-state index is 12.5. The molecule has 0 aromatic rings. The van der Waals surface area contributed by atoms with Crippen LogP contribution in [0.15, 0.2) is 36.5 Å². The van der Waals surface area contributed by atoms with Crippen molar-refractivity contribution in [1.29, 1.82) is 0 Å². The van der Waals surface area contributed by atoms with Gasteiger partial charge in [0.25, 0.3) is 0 Å². The normalized spacial score (nSPS) is 12.8. The van der Waals surface area contributed by atoms with Gasteiger partial charge >= 0.3 is 5.97 Å². The van der Waals surface area contributed by atoms with Crippen molar-refractivity contribution < 1.29 is 24.5 Å². The van der Waals surface area contributed by atoms with Crippen LogP contribution < -0.4 is 5.32 Å². The number of ether oxygens (including phenoxy) is 1. The zero-order valence-corrected chi connectivity index (χ0v) is 49.8. The number of aliphatic hydroxyl groups is 2. The first-order valence-electron chi connectivity index (χ1n) is 33.3. The molecule has 1 amide bonds. The van der Waals surface area contributed by atoms with Gasteiger partial charge in [-0.15, -0.1) is 0 Å². The third-order valence-electron chi connectivity index (χ3n) is 15.4. The highest BCUT2D eigenvalue weighted by molar-refractivity contribution is 5.76. The lowest BCUT2D eigenvalue weighted by Gasteiger charge is -2.20. The van der Waals surface area contributed by atoms with Crippen LogP contribution in [0.5, 0.6) is 0 Å². The van der Waals surface area contributed by atoms with Gasteiger partial charge in [0.05, 0.1) is 25.4 Å². The fraction of sp³-hybridized carbons (Fsp3) is 0.882. The van der Waals surface area contributed by atoms with Crippen LogP contribution in [-0.2, 0) is 14.3 Å². The molecule has 0 aromatic carbocycles. The van der Waals surface area contributed by atoms with Crippen LogP contribution in [0, 0.1) is 0 Å². The van der Waals surface area contributed by atoms with Gasteiger partial charge in [-0.05, 0) is 83.5 Å². The minimum atomic E-state index is -0.844. The Morgan fingerprint density at radius 2 is 0.635 bits per heavy atom. The Balaban J connectivity index is 3.38. The molecule has 2 atom stereocenters. The molecule has 0 aliphatic rings. The van der Waals surface area contributed by atoms with Gasteiger partial charge in [0.2, 0.25) is 5.91 Å². The van der Waals surface area contributed by atoms with Gasteiger partial charge in [-0.25, -0.2) is 0 Å². The summed E-state index contributed by atoms with van der Waals surface area (Å²) >= 11 is 0. The Kier molecular flexibility index (Phi) is 62.0. The standard InChI is InChI=1S/C68H129NO5/c1-3-5-7-9-11-13-15-17-18-30-34-38-42-46-50-54-58-62-68(73)74-63-59-55-51-47-43-39-35-32-29-27-25-23-21-19-20-22-24-26-28-31-33-37-41-45-49-53-57-61-67(72)69-65(64-70)66(71)60-56-52-48-44-40-36-16-14-12-10-8-6-4-2/h17-20,56,60,65-66,70-71H,3-16,21-55,57-59,61-64H2,1-2H3,(H,69,72)/b18-17-,20-19-,60-56+. The van der Waals surface area contributed by atoms with E-state index in [9.17, 15) is 19.8 Å². The number of hydrogen-bond donors (Lipinski definition) is 3. The van der Waals surface area contributed by atoms with Crippen molar-refractivity contribution in [3.8, 4) is 0 Å². The minimum absolute atomic E-state index is 0.0116. The van der Waals surface area contributed by atoms with Crippen LogP contribution in [0.1, 0.15) is 361 Å². The maximum Gasteiger partial charge on any atom is 0.305 e. The largest absolute Gasteiger partial charge is 0.466 e. The first kappa shape index (κ1) is 72.1. The summed E-state index contributed by atoms with van der Waals surface area (Å²) in [6.07, 6.45) is 80.6. The first-order valence-corrected chi connectivity index (χ1v) is 33.3. The van der Waals surface area contributed by atoms with E-state index in [1.54, 1.807) is 6.08 Å². The van der Waals surface area contributed by atoms with E-state index >= 15 is 0 Å². The predicted molar refractivity (Wildman–Crippen MR) is 324 cm³/mol. The molecule has 0 radical (unpaired) electrons. The Morgan fingerprint density at radius 3 is 0.959 bits per heavy atom. The Morgan fingerprint density at radius 1 is 0.365 bits per heavy atom. The van der Waals surface area contributed by atoms with E-state index in [2.05, 4.69) is 43.5 Å². The molecule has 6 heteroatoms. The monoisotopic (exact) mass is 1040 g/mol. The highest BCUT2D eigenvalue weighted by Crippen LogP contribution is 2.17. The van der Waals surface area contributed by atoms with E-state index in [0.717, 1.165) is 44.9 Å². The summed E-state index contributed by atoms with van der Waals surface area (Å²) in [6, 6.07) is -0.628. The van der Waals surface area contributed by atoms with E-state index in [-0.39, 0.29) is 18.5 Å². The molecular weight excluding hydrogens is 911 g/mol. The van der Waals surface area contributed by atoms with E-state index in [1.165, 1.54) is 289 Å². The molecule has 6 nitrogen and oxygen atoms in total. The molecule has 0 fully saturated rings. The number of allylic oxidation sites excluding steroid dienone is 5. The second kappa shape index (κ2) is 63.6. The fourth-order valence-electron chi connectivity index (χ4n) is 10.3. The fourth-order valence-corrected chi connectivity index (χ4v) is 10.3. The smallest absolute Gasteiger partial charge is 0.305 e. The lowest BCUT2D eigenvalue weighted by Crippen LogP contribution is -2.45. The Labute approximate surface area is 462 Å². The summed E-state index contributed by atoms with van der Waals surface area (Å²) in [7, 11) is 0. The number of esters is 1. The minimum Gasteiger partial charge on any atom is -0.466 e. The van der Waals surface area contributed by atoms with Crippen molar-refractivity contribution >= 4 is 11.9 Å². The van der Waals surface area contributed by atoms with Crippen LogP contribution in [0.4, 0.5) is 0 Å². The molecule has 0 aliphatic carbocycles. The highest BCUT2D eigenvalue weighted by Gasteiger charge is 2.18. The average molecular weight is 1040 g/mol. The summed E-state index contributed by atoms with van der Waals surface area (Å²) in [5.41, 5.74) is 0. The van der Waals surface area contributed by atoms with Gasteiger partial charge < -0.3 is 20.3 Å². The van der Waals surface area contributed by atoms with E-state index < -0.39 is 12.1 Å². The molecule has 0 rings (SSSR count). The topological polar surface area (TPSA) is 95.9 Å². The van der Waals surface area contributed by atoms with Crippen LogP contribution in [0.2, 0.25) is 0 Å². The summed E-state index contributed by atoms with van der Waals surface area (Å²) in [5, 5.41) is 23.1. The Hall–Kier alpha value is -1.92. The second-order valence-corrected chi connectivity index (χ2v) is 22.8. The van der Waals surface area contributed by atoms with Crippen molar-refractivity contribution in [1.82, 2.24) is 5.32 Å². The number of carbonyl (C=O) groups excluding carboxylic acids is 2. The molecule has 436 valence electrons. The molecule has 74 heavy (non-hydrogen) atoms. The Bertz CT molecular complexity index is 1200. The van der Waals surface area contributed by atoms with Crippen molar-refractivity contribution in [2.75, 3.05) is 13.2 Å². The van der Waals surface area contributed by atoms with E-state index in [1.807, 2.05) is 6.08 Å². The van der Waals surface area contributed by atoms with Crippen molar-refractivity contribution in [3.63, 3.8) is 0 Å². The molecule has 0 aliphatic heterocycles. The third-order valence-corrected chi connectivity index (χ3v) is 15.4. The van der Waals surface area contributed by atoms with E-state index in [4.69, 9.17) is 4.74 Å². The summed E-state index contributed by atoms with van der Waals surface area (Å²) in [4.78, 5) is 24.5. The zero-order valence-electron chi connectivity index (χ0n) is 49.8. The predicted octanol–water partition coefficient (Wildman–Crippen LogP) is 21.1. The van der Waals surface area contributed by atoms with Gasteiger partial charge in [0.1, 0.15) is 0 Å². The number of rotatable bonds is 62. The van der Waals surface area contributed by atoms with Crippen LogP contribution in [0.3, 0.4) is 0 Å². The molecule has 3 N–H and O–H groups in total. The highest BCUT2D eigenvalue weighted by atomic mass is 16.5. The molecular formula is C68H129NO5. The summed E-state index contributed by atoms with van der Waals surface area (Å²) in [5.74, 6) is -0.0566. The zero-order chi connectivity index (χ0) is 53.6. The van der Waals surface area contributed by atoms with Gasteiger partial charge in [0, 0.05) is 12.8 Å². The molecule has 2 unspecified atom stereocenters. The number of aliphatic hydroxyl groups excluding tert-OH is 2. The summed E-state index contributed by atoms with van der Waals surface area (Å²) in [6.45, 7) is 4.91. The van der Waals surface area contributed by atoms with Crippen LogP contribution in [-0.4, -0.2) is 47.4 Å². The number of hydrogen-bond acceptors (Lipinski definition) is 5. The van der Waals surface area contributed by atoms with E-state index in [0.29, 0.717) is 19.4 Å². The van der Waals surface area contributed by atoms with Crippen LogP contribution in [0.25, 0.3) is 0 Å². The first-order chi connectivity index (χ1) is 36.5. The number of carbonyl (C=O) groups is 2. The molecule has 0 saturated carbocycles. The van der Waals surface area contributed by atoms with Gasteiger partial charge in [-0.2, -0.15) is 0 Å². The lowest BCUT2D eigenvalue weighted by molar-refractivity contribution is -0.143. The van der Waals surface area contributed by atoms with Crippen molar-refractivity contribution in [3.05, 3.63) is 36.5 Å². The third kappa shape index (κ3) is 59.3. The second-order valence-electron chi connectivity index (χ2n) is 22.8.